The Bertz CT molecular complexity index is 496. The van der Waals surface area contributed by atoms with Gasteiger partial charge in [0.25, 0.3) is 0 Å². The molecule has 0 fully saturated rings. The molecule has 0 aliphatic heterocycles. The Morgan fingerprint density at radius 3 is 3.00 bits per heavy atom. The van der Waals surface area contributed by atoms with E-state index in [9.17, 15) is 5.11 Å². The van der Waals surface area contributed by atoms with E-state index in [4.69, 9.17) is 0 Å². The average molecular weight is 295 g/mol. The van der Waals surface area contributed by atoms with Crippen LogP contribution in [0.15, 0.2) is 41.1 Å². The molecule has 17 heavy (non-hydrogen) atoms. The maximum absolute atomic E-state index is 9.70. The molecule has 90 valence electrons. The summed E-state index contributed by atoms with van der Waals surface area (Å²) in [4.78, 5) is 4.35. The van der Waals surface area contributed by atoms with Crippen LogP contribution in [0.2, 0.25) is 0 Å². The number of imidazole rings is 1. The molecule has 0 saturated carbocycles. The average Bonchev–Trinajstić information content (AvgIpc) is 2.77. The van der Waals surface area contributed by atoms with Gasteiger partial charge in [-0.1, -0.05) is 35.0 Å². The number of aromatic nitrogens is 2. The van der Waals surface area contributed by atoms with E-state index >= 15 is 0 Å². The lowest BCUT2D eigenvalue weighted by atomic mass is 10.2. The zero-order chi connectivity index (χ0) is 12.3. The molecule has 3 nitrogen and oxygen atoms in total. The van der Waals surface area contributed by atoms with E-state index in [2.05, 4.69) is 20.9 Å². The number of hydrogen-bond acceptors (Lipinski definition) is 2. The van der Waals surface area contributed by atoms with Crippen LogP contribution in [0.5, 0.6) is 0 Å². The summed E-state index contributed by atoms with van der Waals surface area (Å²) in [5, 5.41) is 9.70. The predicted octanol–water partition coefficient (Wildman–Crippen LogP) is 3.08. The summed E-state index contributed by atoms with van der Waals surface area (Å²) in [6.07, 6.45) is 4.08. The highest BCUT2D eigenvalue weighted by Gasteiger charge is 2.09. The number of rotatable bonds is 4. The fourth-order valence-corrected chi connectivity index (χ4v) is 2.10. The minimum atomic E-state index is -0.324. The van der Waals surface area contributed by atoms with Crippen LogP contribution in [0, 0.1) is 0 Å². The lowest BCUT2D eigenvalue weighted by Gasteiger charge is -2.12. The van der Waals surface area contributed by atoms with Crippen LogP contribution in [0.25, 0.3) is 11.4 Å². The third-order valence-electron chi connectivity index (χ3n) is 2.68. The van der Waals surface area contributed by atoms with Crippen molar-refractivity contribution in [1.82, 2.24) is 9.55 Å². The zero-order valence-electron chi connectivity index (χ0n) is 9.68. The topological polar surface area (TPSA) is 38.0 Å². The molecule has 0 saturated heterocycles. The lowest BCUT2D eigenvalue weighted by Crippen LogP contribution is -2.14. The first kappa shape index (κ1) is 12.3. The minimum Gasteiger partial charge on any atom is -0.391 e. The largest absolute Gasteiger partial charge is 0.391 e. The van der Waals surface area contributed by atoms with Gasteiger partial charge in [-0.15, -0.1) is 0 Å². The van der Waals surface area contributed by atoms with E-state index in [1.165, 1.54) is 0 Å². The number of nitrogens with zero attached hydrogens (tertiary/aromatic N) is 2. The maximum Gasteiger partial charge on any atom is 0.140 e. The lowest BCUT2D eigenvalue weighted by molar-refractivity contribution is 0.150. The second-order valence-corrected chi connectivity index (χ2v) is 4.89. The molecule has 2 aromatic rings. The van der Waals surface area contributed by atoms with Crippen LogP contribution >= 0.6 is 15.9 Å². The van der Waals surface area contributed by atoms with E-state index in [0.717, 1.165) is 22.3 Å². The number of benzene rings is 1. The quantitative estimate of drug-likeness (QED) is 0.941. The van der Waals surface area contributed by atoms with Gasteiger partial charge >= 0.3 is 0 Å². The van der Waals surface area contributed by atoms with Crippen molar-refractivity contribution in [2.45, 2.75) is 26.0 Å². The number of hydrogen-bond donors (Lipinski definition) is 1. The van der Waals surface area contributed by atoms with Crippen molar-refractivity contribution in [3.63, 3.8) is 0 Å². The molecule has 0 aliphatic carbocycles. The third kappa shape index (κ3) is 2.96. The van der Waals surface area contributed by atoms with Crippen LogP contribution in [0.3, 0.4) is 0 Å². The summed E-state index contributed by atoms with van der Waals surface area (Å²) in [7, 11) is 0. The number of aliphatic hydroxyl groups is 1. The Balaban J connectivity index is 2.30. The van der Waals surface area contributed by atoms with Crippen molar-refractivity contribution < 1.29 is 5.11 Å². The molecule has 0 amide bonds. The van der Waals surface area contributed by atoms with Crippen LogP contribution < -0.4 is 0 Å². The Labute approximate surface area is 109 Å². The van der Waals surface area contributed by atoms with Gasteiger partial charge in [0, 0.05) is 22.4 Å². The fourth-order valence-electron chi connectivity index (χ4n) is 1.70. The van der Waals surface area contributed by atoms with Gasteiger partial charge < -0.3 is 9.67 Å². The molecule has 1 aromatic heterocycles. The molecular weight excluding hydrogens is 280 g/mol. The molecule has 1 N–H and O–H groups in total. The molecule has 4 heteroatoms. The Morgan fingerprint density at radius 2 is 2.29 bits per heavy atom. The molecule has 0 aliphatic rings. The van der Waals surface area contributed by atoms with Crippen molar-refractivity contribution in [2.75, 3.05) is 0 Å². The molecule has 1 atom stereocenters. The first-order valence-corrected chi connectivity index (χ1v) is 6.45. The number of halogens is 1. The molecule has 0 spiro atoms. The monoisotopic (exact) mass is 294 g/mol. The minimum absolute atomic E-state index is 0.324. The summed E-state index contributed by atoms with van der Waals surface area (Å²) < 4.78 is 3.01. The van der Waals surface area contributed by atoms with E-state index in [1.54, 1.807) is 6.20 Å². The van der Waals surface area contributed by atoms with Gasteiger partial charge in [-0.25, -0.2) is 4.98 Å². The van der Waals surface area contributed by atoms with Crippen LogP contribution in [0.1, 0.15) is 13.3 Å². The van der Waals surface area contributed by atoms with Crippen LogP contribution in [0.4, 0.5) is 0 Å². The van der Waals surface area contributed by atoms with E-state index in [-0.39, 0.29) is 6.10 Å². The molecular formula is C13H15BrN2O. The smallest absolute Gasteiger partial charge is 0.140 e. The summed E-state index contributed by atoms with van der Waals surface area (Å²) in [6.45, 7) is 2.55. The van der Waals surface area contributed by atoms with E-state index < -0.39 is 0 Å². The van der Waals surface area contributed by atoms with E-state index in [1.807, 2.05) is 42.0 Å². The van der Waals surface area contributed by atoms with Crippen molar-refractivity contribution in [2.24, 2.45) is 0 Å². The summed E-state index contributed by atoms with van der Waals surface area (Å²) in [5.41, 5.74) is 1.05. The summed E-state index contributed by atoms with van der Waals surface area (Å²) in [5.74, 6) is 0.888. The van der Waals surface area contributed by atoms with Crippen molar-refractivity contribution >= 4 is 15.9 Å². The molecule has 1 heterocycles. The van der Waals surface area contributed by atoms with Crippen molar-refractivity contribution in [3.8, 4) is 11.4 Å². The number of aliphatic hydroxyl groups excluding tert-OH is 1. The van der Waals surface area contributed by atoms with Gasteiger partial charge in [-0.05, 0) is 18.6 Å². The Hall–Kier alpha value is -1.13. The van der Waals surface area contributed by atoms with Gasteiger partial charge in [0.15, 0.2) is 0 Å². The second kappa shape index (κ2) is 5.47. The van der Waals surface area contributed by atoms with Crippen LogP contribution in [-0.4, -0.2) is 20.8 Å². The first-order chi connectivity index (χ1) is 8.20. The van der Waals surface area contributed by atoms with Crippen molar-refractivity contribution in [1.29, 1.82) is 0 Å². The first-order valence-electron chi connectivity index (χ1n) is 5.66. The van der Waals surface area contributed by atoms with E-state index in [0.29, 0.717) is 6.54 Å². The van der Waals surface area contributed by atoms with Gasteiger partial charge in [-0.2, -0.15) is 0 Å². The Morgan fingerprint density at radius 1 is 1.47 bits per heavy atom. The molecule has 2 rings (SSSR count). The summed E-state index contributed by atoms with van der Waals surface area (Å²) >= 11 is 3.45. The normalized spacial score (nSPS) is 12.6. The Kier molecular flexibility index (Phi) is 3.97. The predicted molar refractivity (Wildman–Crippen MR) is 71.7 cm³/mol. The highest BCUT2D eigenvalue weighted by atomic mass is 79.9. The van der Waals surface area contributed by atoms with Gasteiger partial charge in [0.05, 0.1) is 12.6 Å². The maximum atomic E-state index is 9.70. The SMILES string of the molecule is CC[C@H](O)Cn1ccnc1-c1cccc(Br)c1. The third-order valence-corrected chi connectivity index (χ3v) is 3.17. The fraction of sp³-hybridized carbons (Fsp3) is 0.308. The molecule has 0 unspecified atom stereocenters. The van der Waals surface area contributed by atoms with Gasteiger partial charge in [0.2, 0.25) is 0 Å². The standard InChI is InChI=1S/C13H15BrN2O/c1-2-12(17)9-16-7-6-15-13(16)10-4-3-5-11(14)8-10/h3-8,12,17H,2,9H2,1H3/t12-/m0/s1. The van der Waals surface area contributed by atoms with Gasteiger partial charge in [-0.3, -0.25) is 0 Å². The van der Waals surface area contributed by atoms with Crippen LogP contribution in [-0.2, 0) is 6.54 Å². The molecule has 0 bridgehead atoms. The highest BCUT2D eigenvalue weighted by Crippen LogP contribution is 2.21. The molecule has 0 radical (unpaired) electrons. The van der Waals surface area contributed by atoms with Crippen molar-refractivity contribution in [3.05, 3.63) is 41.1 Å². The highest BCUT2D eigenvalue weighted by molar-refractivity contribution is 9.10. The second-order valence-electron chi connectivity index (χ2n) is 3.98. The zero-order valence-corrected chi connectivity index (χ0v) is 11.3. The molecule has 1 aromatic carbocycles. The summed E-state index contributed by atoms with van der Waals surface area (Å²) in [6, 6.07) is 8.01. The van der Waals surface area contributed by atoms with Gasteiger partial charge in [0.1, 0.15) is 5.82 Å².